The summed E-state index contributed by atoms with van der Waals surface area (Å²) in [4.78, 5) is 21.3. The Hall–Kier alpha value is -0.420. The van der Waals surface area contributed by atoms with Gasteiger partial charge < -0.3 is 9.01 Å². The minimum Gasteiger partial charge on any atom is -0.371 e. The van der Waals surface area contributed by atoms with Gasteiger partial charge in [-0.2, -0.15) is 0 Å². The van der Waals surface area contributed by atoms with Crippen molar-refractivity contribution in [3.05, 3.63) is 0 Å². The highest BCUT2D eigenvalue weighted by molar-refractivity contribution is 7.48. The molecular weight excluding hydrogens is 377 g/mol. The van der Waals surface area contributed by atoms with Crippen molar-refractivity contribution in [1.29, 1.82) is 0 Å². The molecule has 1 atom stereocenters. The zero-order chi connectivity index (χ0) is 21.3. The highest BCUT2D eigenvalue weighted by Crippen LogP contribution is 2.43. The molecule has 0 aromatic rings. The van der Waals surface area contributed by atoms with Crippen LogP contribution in [-0.4, -0.2) is 49.6 Å². The molecule has 0 radical (unpaired) electrons. The van der Waals surface area contributed by atoms with E-state index in [-0.39, 0.29) is 13.0 Å². The van der Waals surface area contributed by atoms with E-state index in [1.54, 1.807) is 0 Å². The molecule has 0 aliphatic heterocycles. The Kier molecular flexibility index (Phi) is 16.1. The zero-order valence-electron chi connectivity index (χ0n) is 18.8. The predicted molar refractivity (Wildman–Crippen MR) is 115 cm³/mol. The molecule has 6 nitrogen and oxygen atoms in total. The maximum Gasteiger partial charge on any atom is 0.529 e. The summed E-state index contributed by atoms with van der Waals surface area (Å²) in [5, 5.41) is 0. The lowest BCUT2D eigenvalue weighted by atomic mass is 10.0. The summed E-state index contributed by atoms with van der Waals surface area (Å²) in [5.74, 6) is -0.654. The number of rotatable bonds is 19. The summed E-state index contributed by atoms with van der Waals surface area (Å²) in [6, 6.07) is 0. The van der Waals surface area contributed by atoms with Crippen LogP contribution < -0.4 is 0 Å². The highest BCUT2D eigenvalue weighted by atomic mass is 31.2. The fourth-order valence-electron chi connectivity index (χ4n) is 2.92. The molecule has 0 saturated heterocycles. The molecule has 0 aliphatic carbocycles. The van der Waals surface area contributed by atoms with E-state index in [0.717, 1.165) is 12.8 Å². The van der Waals surface area contributed by atoms with Gasteiger partial charge in [-0.05, 0) is 6.42 Å². The molecule has 0 aliphatic rings. The van der Waals surface area contributed by atoms with Crippen molar-refractivity contribution in [2.45, 2.75) is 96.8 Å². The van der Waals surface area contributed by atoms with Gasteiger partial charge >= 0.3 is 13.8 Å². The Morgan fingerprint density at radius 1 is 0.821 bits per heavy atom. The number of nitrogens with zero attached hydrogens (tertiary/aromatic N) is 1. The summed E-state index contributed by atoms with van der Waals surface area (Å²) in [7, 11) is 1.57. The van der Waals surface area contributed by atoms with Crippen LogP contribution in [0.25, 0.3) is 0 Å². The van der Waals surface area contributed by atoms with E-state index < -0.39 is 13.8 Å². The largest absolute Gasteiger partial charge is 0.529 e. The lowest BCUT2D eigenvalue weighted by Crippen LogP contribution is -2.37. The third-order valence-electron chi connectivity index (χ3n) is 4.72. The van der Waals surface area contributed by atoms with Gasteiger partial charge in [0.05, 0.1) is 21.1 Å². The van der Waals surface area contributed by atoms with E-state index in [1.807, 2.05) is 21.1 Å². The second-order valence-corrected chi connectivity index (χ2v) is 10.1. The number of hydrogen-bond acceptors (Lipinski definition) is 4. The number of unbranched alkanes of at least 4 members (excludes halogenated alkanes) is 12. The number of likely N-dealkylation sites (N-methyl/N-ethyl adjacent to an activating group) is 1. The second-order valence-electron chi connectivity index (χ2n) is 8.77. The van der Waals surface area contributed by atoms with Crippen LogP contribution in [0.3, 0.4) is 0 Å². The van der Waals surface area contributed by atoms with E-state index >= 15 is 0 Å². The molecule has 0 saturated carbocycles. The lowest BCUT2D eigenvalue weighted by molar-refractivity contribution is -0.870. The third kappa shape index (κ3) is 20.3. The molecule has 0 spiro atoms. The van der Waals surface area contributed by atoms with Gasteiger partial charge in [-0.25, -0.2) is 4.57 Å². The van der Waals surface area contributed by atoms with E-state index in [2.05, 4.69) is 11.4 Å². The first kappa shape index (κ1) is 27.6. The predicted octanol–water partition coefficient (Wildman–Crippen LogP) is 5.83. The SMILES string of the molecule is CCCCCCCCCCCCCCCC(=O)OP(=O)(O)OCC[N+](C)(C)C. The topological polar surface area (TPSA) is 72.8 Å². The lowest BCUT2D eigenvalue weighted by Gasteiger charge is -2.23. The zero-order valence-corrected chi connectivity index (χ0v) is 19.7. The number of carbonyl (C=O) groups excluding carboxylic acids is 1. The van der Waals surface area contributed by atoms with Gasteiger partial charge in [0, 0.05) is 6.42 Å². The first-order chi connectivity index (χ1) is 13.2. The average Bonchev–Trinajstić information content (AvgIpc) is 2.57. The van der Waals surface area contributed by atoms with Crippen molar-refractivity contribution in [1.82, 2.24) is 0 Å². The maximum absolute atomic E-state index is 11.7. The van der Waals surface area contributed by atoms with Crippen molar-refractivity contribution >= 4 is 13.8 Å². The van der Waals surface area contributed by atoms with Crippen LogP contribution >= 0.6 is 7.82 Å². The van der Waals surface area contributed by atoms with Gasteiger partial charge in [0.15, 0.2) is 0 Å². The molecular formula is C21H45NO5P+. The average molecular weight is 423 g/mol. The fourth-order valence-corrected chi connectivity index (χ4v) is 3.63. The summed E-state index contributed by atoms with van der Waals surface area (Å²) in [5.41, 5.74) is 0. The molecule has 0 aromatic carbocycles. The van der Waals surface area contributed by atoms with Crippen molar-refractivity contribution in [2.75, 3.05) is 34.3 Å². The van der Waals surface area contributed by atoms with Crippen LogP contribution in [0.1, 0.15) is 96.8 Å². The second kappa shape index (κ2) is 16.4. The van der Waals surface area contributed by atoms with Gasteiger partial charge in [-0.3, -0.25) is 14.2 Å². The van der Waals surface area contributed by atoms with Crippen LogP contribution in [-0.2, 0) is 18.4 Å². The molecule has 168 valence electrons. The van der Waals surface area contributed by atoms with Crippen LogP contribution in [0, 0.1) is 0 Å². The van der Waals surface area contributed by atoms with E-state index in [4.69, 9.17) is 4.52 Å². The van der Waals surface area contributed by atoms with Gasteiger partial charge in [-0.15, -0.1) is 0 Å². The molecule has 0 aromatic heterocycles. The molecule has 28 heavy (non-hydrogen) atoms. The Labute approximate surface area is 173 Å². The summed E-state index contributed by atoms with van der Waals surface area (Å²) >= 11 is 0. The first-order valence-electron chi connectivity index (χ1n) is 11.2. The van der Waals surface area contributed by atoms with E-state index in [0.29, 0.717) is 17.4 Å². The highest BCUT2D eigenvalue weighted by Gasteiger charge is 2.26. The number of phosphoric ester groups is 1. The Morgan fingerprint density at radius 3 is 1.68 bits per heavy atom. The minimum atomic E-state index is -4.28. The smallest absolute Gasteiger partial charge is 0.371 e. The first-order valence-corrected chi connectivity index (χ1v) is 12.7. The molecule has 0 rings (SSSR count). The Bertz CT molecular complexity index is 437. The van der Waals surface area contributed by atoms with Crippen LogP contribution in [0.15, 0.2) is 0 Å². The molecule has 0 heterocycles. The molecule has 0 amide bonds. The number of carbonyl (C=O) groups is 1. The number of phosphoric acid groups is 1. The Balaban J connectivity index is 3.50. The van der Waals surface area contributed by atoms with Gasteiger partial charge in [0.1, 0.15) is 13.2 Å². The quantitative estimate of drug-likeness (QED) is 0.161. The maximum atomic E-state index is 11.7. The van der Waals surface area contributed by atoms with E-state index in [9.17, 15) is 14.3 Å². The van der Waals surface area contributed by atoms with Crippen molar-refractivity contribution in [2.24, 2.45) is 0 Å². The molecule has 1 unspecified atom stereocenters. The van der Waals surface area contributed by atoms with Crippen LogP contribution in [0.2, 0.25) is 0 Å². The van der Waals surface area contributed by atoms with Gasteiger partial charge in [0.2, 0.25) is 0 Å². The van der Waals surface area contributed by atoms with Crippen molar-refractivity contribution in [3.63, 3.8) is 0 Å². The number of hydrogen-bond donors (Lipinski definition) is 1. The summed E-state index contributed by atoms with van der Waals surface area (Å²) < 4.78 is 21.8. The standard InChI is InChI=1S/C21H44NO5P/c1-5-6-7-8-9-10-11-12-13-14-15-16-17-18-21(23)27-28(24,25)26-20-19-22(2,3)4/h5-20H2,1-4H3/p+1. The number of quaternary nitrogens is 1. The van der Waals surface area contributed by atoms with Crippen LogP contribution in [0.4, 0.5) is 0 Å². The van der Waals surface area contributed by atoms with Crippen molar-refractivity contribution < 1.29 is 27.8 Å². The fraction of sp³-hybridized carbons (Fsp3) is 0.952. The normalized spacial score (nSPS) is 14.0. The van der Waals surface area contributed by atoms with Gasteiger partial charge in [-0.1, -0.05) is 84.0 Å². The minimum absolute atomic E-state index is 0.0727. The Morgan fingerprint density at radius 2 is 1.25 bits per heavy atom. The molecule has 0 bridgehead atoms. The molecule has 0 fully saturated rings. The van der Waals surface area contributed by atoms with Crippen molar-refractivity contribution in [3.8, 4) is 0 Å². The summed E-state index contributed by atoms with van der Waals surface area (Å²) in [6.45, 7) is 2.88. The van der Waals surface area contributed by atoms with Crippen LogP contribution in [0.5, 0.6) is 0 Å². The monoisotopic (exact) mass is 422 g/mol. The third-order valence-corrected chi connectivity index (χ3v) is 5.66. The van der Waals surface area contributed by atoms with Gasteiger partial charge in [0.25, 0.3) is 0 Å². The van der Waals surface area contributed by atoms with E-state index in [1.165, 1.54) is 64.2 Å². The summed E-state index contributed by atoms with van der Waals surface area (Å²) in [6.07, 6.45) is 16.1. The molecule has 1 N–H and O–H groups in total. The molecule has 7 heteroatoms.